The number of para-hydroxylation sites is 1. The van der Waals surface area contributed by atoms with Crippen LogP contribution in [0.1, 0.15) is 25.0 Å². The zero-order valence-corrected chi connectivity index (χ0v) is 31.9. The van der Waals surface area contributed by atoms with Crippen molar-refractivity contribution in [2.24, 2.45) is 0 Å². The molecule has 0 aliphatic heterocycles. The third kappa shape index (κ3) is 5.33. The summed E-state index contributed by atoms with van der Waals surface area (Å²) in [6, 6.07) is 72.6. The Morgan fingerprint density at radius 2 is 0.930 bits per heavy atom. The molecule has 9 aromatic carbocycles. The van der Waals surface area contributed by atoms with Crippen molar-refractivity contribution in [2.75, 3.05) is 4.90 Å². The van der Waals surface area contributed by atoms with E-state index in [1.54, 1.807) is 0 Å². The fourth-order valence-corrected chi connectivity index (χ4v) is 9.27. The molecule has 270 valence electrons. The molecule has 0 bridgehead atoms. The highest BCUT2D eigenvalue weighted by molar-refractivity contribution is 6.22. The van der Waals surface area contributed by atoms with E-state index < -0.39 is 0 Å². The van der Waals surface area contributed by atoms with Crippen LogP contribution in [-0.4, -0.2) is 0 Å². The van der Waals surface area contributed by atoms with E-state index in [1.807, 2.05) is 0 Å². The highest BCUT2D eigenvalue weighted by Crippen LogP contribution is 2.52. The van der Waals surface area contributed by atoms with E-state index in [2.05, 4.69) is 219 Å². The molecule has 0 unspecified atom stereocenters. The molecule has 0 amide bonds. The normalized spacial score (nSPS) is 12.9. The summed E-state index contributed by atoms with van der Waals surface area (Å²) in [6.07, 6.45) is 0. The summed E-state index contributed by atoms with van der Waals surface area (Å²) >= 11 is 0. The van der Waals surface area contributed by atoms with E-state index in [0.717, 1.165) is 44.6 Å². The Bertz CT molecular complexity index is 3140. The minimum Gasteiger partial charge on any atom is -0.456 e. The van der Waals surface area contributed by atoms with Crippen molar-refractivity contribution in [3.63, 3.8) is 0 Å². The highest BCUT2D eigenvalue weighted by Gasteiger charge is 2.36. The van der Waals surface area contributed by atoms with Gasteiger partial charge in [-0.1, -0.05) is 172 Å². The van der Waals surface area contributed by atoms with Gasteiger partial charge in [0.1, 0.15) is 11.2 Å². The van der Waals surface area contributed by atoms with Crippen LogP contribution in [0.2, 0.25) is 0 Å². The van der Waals surface area contributed by atoms with Crippen LogP contribution >= 0.6 is 0 Å². The number of benzene rings is 9. The topological polar surface area (TPSA) is 16.4 Å². The maximum Gasteiger partial charge on any atom is 0.136 e. The minimum atomic E-state index is -0.138. The van der Waals surface area contributed by atoms with Crippen molar-refractivity contribution < 1.29 is 4.42 Å². The minimum absolute atomic E-state index is 0.138. The summed E-state index contributed by atoms with van der Waals surface area (Å²) in [7, 11) is 0. The largest absolute Gasteiger partial charge is 0.456 e. The van der Waals surface area contributed by atoms with Gasteiger partial charge < -0.3 is 9.32 Å². The molecule has 2 nitrogen and oxygen atoms in total. The maximum absolute atomic E-state index is 6.71. The van der Waals surface area contributed by atoms with E-state index in [0.29, 0.717) is 0 Å². The van der Waals surface area contributed by atoms with Crippen LogP contribution in [0.25, 0.3) is 77.2 Å². The van der Waals surface area contributed by atoms with Gasteiger partial charge in [0.05, 0.1) is 5.69 Å². The van der Waals surface area contributed by atoms with Gasteiger partial charge in [-0.25, -0.2) is 0 Å². The van der Waals surface area contributed by atoms with Crippen molar-refractivity contribution in [3.05, 3.63) is 211 Å². The molecule has 0 spiro atoms. The number of anilines is 3. The quantitative estimate of drug-likeness (QED) is 0.169. The standard InChI is InChI=1S/C55H39NO/c1-55(2)49-23-13-11-21-44(49)45-31-29-41(34-50(45)55)56(51-24-14-12-19-42(51)39-27-25-37(26-28-39)36-15-5-3-6-16-36)40-30-32-52-48(33-40)54-46-22-10-9-20-43(46)47(35-53(54)57-52)38-17-7-4-8-18-38/h3-35H,1-2H3. The Kier molecular flexibility index (Phi) is 7.55. The maximum atomic E-state index is 6.71. The van der Waals surface area contributed by atoms with Crippen LogP contribution < -0.4 is 4.90 Å². The molecule has 57 heavy (non-hydrogen) atoms. The predicted molar refractivity (Wildman–Crippen MR) is 240 cm³/mol. The first-order chi connectivity index (χ1) is 28.0. The second-order valence-electron chi connectivity index (χ2n) is 15.7. The molecule has 2 heteroatoms. The number of hydrogen-bond donors (Lipinski definition) is 0. The first kappa shape index (κ1) is 33.2. The van der Waals surface area contributed by atoms with Crippen molar-refractivity contribution in [1.82, 2.24) is 0 Å². The van der Waals surface area contributed by atoms with Crippen LogP contribution in [0.4, 0.5) is 17.1 Å². The second-order valence-corrected chi connectivity index (χ2v) is 15.7. The SMILES string of the molecule is CC1(C)c2ccccc2-c2ccc(N(c3ccc4oc5cc(-c6ccccc6)c6ccccc6c5c4c3)c3ccccc3-c3ccc(-c4ccccc4)cc3)cc21. The van der Waals surface area contributed by atoms with Gasteiger partial charge in [-0.3, -0.25) is 0 Å². The van der Waals surface area contributed by atoms with Crippen LogP contribution in [0.3, 0.4) is 0 Å². The molecule has 0 atom stereocenters. The third-order valence-corrected chi connectivity index (χ3v) is 12.1. The average molecular weight is 730 g/mol. The molecule has 0 fully saturated rings. The molecule has 0 saturated carbocycles. The summed E-state index contributed by atoms with van der Waals surface area (Å²) in [5.41, 5.74) is 17.4. The molecular weight excluding hydrogens is 691 g/mol. The zero-order chi connectivity index (χ0) is 38.1. The molecule has 1 aliphatic carbocycles. The van der Waals surface area contributed by atoms with Crippen molar-refractivity contribution >= 4 is 49.8 Å². The Morgan fingerprint density at radius 3 is 1.72 bits per heavy atom. The third-order valence-electron chi connectivity index (χ3n) is 12.1. The number of fused-ring (bicyclic) bond motifs is 8. The molecule has 10 aromatic rings. The lowest BCUT2D eigenvalue weighted by Crippen LogP contribution is -2.16. The number of rotatable bonds is 6. The summed E-state index contributed by atoms with van der Waals surface area (Å²) in [5.74, 6) is 0. The number of nitrogens with zero attached hydrogens (tertiary/aromatic N) is 1. The van der Waals surface area contributed by atoms with Gasteiger partial charge in [0, 0.05) is 33.1 Å². The van der Waals surface area contributed by atoms with Crippen molar-refractivity contribution in [1.29, 1.82) is 0 Å². The molecule has 0 radical (unpaired) electrons. The van der Waals surface area contributed by atoms with Crippen LogP contribution in [0.15, 0.2) is 205 Å². The van der Waals surface area contributed by atoms with E-state index in [9.17, 15) is 0 Å². The lowest BCUT2D eigenvalue weighted by molar-refractivity contribution is 0.660. The zero-order valence-electron chi connectivity index (χ0n) is 31.9. The highest BCUT2D eigenvalue weighted by atomic mass is 16.3. The van der Waals surface area contributed by atoms with Gasteiger partial charge in [-0.05, 0) is 103 Å². The van der Waals surface area contributed by atoms with Crippen LogP contribution in [-0.2, 0) is 5.41 Å². The van der Waals surface area contributed by atoms with Gasteiger partial charge in [-0.2, -0.15) is 0 Å². The van der Waals surface area contributed by atoms with Gasteiger partial charge in [0.25, 0.3) is 0 Å². The van der Waals surface area contributed by atoms with Crippen LogP contribution in [0.5, 0.6) is 0 Å². The molecular formula is C55H39NO. The molecule has 0 saturated heterocycles. The predicted octanol–water partition coefficient (Wildman–Crippen LogP) is 15.5. The Hall–Kier alpha value is -7.16. The number of hydrogen-bond acceptors (Lipinski definition) is 2. The summed E-state index contributed by atoms with van der Waals surface area (Å²) < 4.78 is 6.71. The second kappa shape index (κ2) is 13.0. The number of furan rings is 1. The van der Waals surface area contributed by atoms with Gasteiger partial charge in [-0.15, -0.1) is 0 Å². The first-order valence-corrected chi connectivity index (χ1v) is 19.8. The fraction of sp³-hybridized carbons (Fsp3) is 0.0545. The lowest BCUT2D eigenvalue weighted by atomic mass is 9.82. The monoisotopic (exact) mass is 729 g/mol. The van der Waals surface area contributed by atoms with Crippen molar-refractivity contribution in [3.8, 4) is 44.5 Å². The van der Waals surface area contributed by atoms with Crippen molar-refractivity contribution in [2.45, 2.75) is 19.3 Å². The van der Waals surface area contributed by atoms with Gasteiger partial charge in [0.2, 0.25) is 0 Å². The van der Waals surface area contributed by atoms with E-state index in [1.165, 1.54) is 60.8 Å². The Labute approximate surface area is 332 Å². The smallest absolute Gasteiger partial charge is 0.136 e. The van der Waals surface area contributed by atoms with Gasteiger partial charge in [0.15, 0.2) is 0 Å². The molecule has 0 N–H and O–H groups in total. The van der Waals surface area contributed by atoms with Crippen LogP contribution in [0, 0.1) is 0 Å². The Balaban J connectivity index is 1.13. The van der Waals surface area contributed by atoms with E-state index in [-0.39, 0.29) is 5.41 Å². The lowest BCUT2D eigenvalue weighted by Gasteiger charge is -2.30. The molecule has 1 heterocycles. The molecule has 1 aromatic heterocycles. The summed E-state index contributed by atoms with van der Waals surface area (Å²) in [6.45, 7) is 4.71. The fourth-order valence-electron chi connectivity index (χ4n) is 9.27. The van der Waals surface area contributed by atoms with E-state index in [4.69, 9.17) is 4.42 Å². The first-order valence-electron chi connectivity index (χ1n) is 19.8. The van der Waals surface area contributed by atoms with Gasteiger partial charge >= 0.3 is 0 Å². The summed E-state index contributed by atoms with van der Waals surface area (Å²) in [5, 5.41) is 4.64. The molecule has 1 aliphatic rings. The molecule has 11 rings (SSSR count). The van der Waals surface area contributed by atoms with E-state index >= 15 is 0 Å². The Morgan fingerprint density at radius 1 is 0.368 bits per heavy atom. The average Bonchev–Trinajstić information content (AvgIpc) is 3.75. The summed E-state index contributed by atoms with van der Waals surface area (Å²) in [4.78, 5) is 2.44.